The second-order valence-electron chi connectivity index (χ2n) is 5.35. The number of carbonyl (C=O) groups is 1. The van der Waals surface area contributed by atoms with Gasteiger partial charge in [0.25, 0.3) is 0 Å². The van der Waals surface area contributed by atoms with E-state index in [1.807, 2.05) is 54.6 Å². The van der Waals surface area contributed by atoms with E-state index >= 15 is 0 Å². The maximum Gasteiger partial charge on any atom is 0.328 e. The van der Waals surface area contributed by atoms with Crippen molar-refractivity contribution in [3.05, 3.63) is 60.2 Å². The van der Waals surface area contributed by atoms with Gasteiger partial charge in [0.05, 0.1) is 5.69 Å². The number of rotatable bonds is 4. The molecule has 0 bridgehead atoms. The van der Waals surface area contributed by atoms with Crippen LogP contribution in [0.5, 0.6) is 0 Å². The summed E-state index contributed by atoms with van der Waals surface area (Å²) in [5.41, 5.74) is 2.48. The van der Waals surface area contributed by atoms with Gasteiger partial charge in [0, 0.05) is 37.6 Å². The Bertz CT molecular complexity index is 734. The first-order chi connectivity index (χ1) is 11.6. The first-order valence-electron chi connectivity index (χ1n) is 7.85. The van der Waals surface area contributed by atoms with E-state index in [-0.39, 0.29) is 6.03 Å². The predicted molar refractivity (Wildman–Crippen MR) is 102 cm³/mol. The standard InChI is InChI=1S/C20H21ClN2O/c1-22(18-13-6-3-7-14-18)20(24)23(2)19-15-9-8-12-17(19)11-5-4-10-16-21/h3,6-9,12-15H,4,10,16H2,1-2H3. The van der Waals surface area contributed by atoms with Crippen LogP contribution in [-0.2, 0) is 0 Å². The lowest BCUT2D eigenvalue weighted by Crippen LogP contribution is -2.39. The van der Waals surface area contributed by atoms with Gasteiger partial charge in [0.2, 0.25) is 0 Å². The molecule has 0 N–H and O–H groups in total. The number of benzene rings is 2. The minimum absolute atomic E-state index is 0.115. The average molecular weight is 341 g/mol. The van der Waals surface area contributed by atoms with Crippen LogP contribution in [0.2, 0.25) is 0 Å². The first-order valence-corrected chi connectivity index (χ1v) is 8.39. The van der Waals surface area contributed by atoms with E-state index in [4.69, 9.17) is 11.6 Å². The SMILES string of the molecule is CN(C(=O)N(C)c1ccccc1C#CCCCCl)c1ccccc1. The van der Waals surface area contributed by atoms with Gasteiger partial charge in [0.1, 0.15) is 0 Å². The number of halogens is 1. The van der Waals surface area contributed by atoms with Gasteiger partial charge in [-0.1, -0.05) is 42.2 Å². The van der Waals surface area contributed by atoms with Crippen molar-refractivity contribution in [2.75, 3.05) is 29.8 Å². The summed E-state index contributed by atoms with van der Waals surface area (Å²) in [7, 11) is 3.53. The third-order valence-electron chi connectivity index (χ3n) is 3.64. The van der Waals surface area contributed by atoms with Crippen molar-refractivity contribution in [2.24, 2.45) is 0 Å². The van der Waals surface area contributed by atoms with E-state index in [0.717, 1.165) is 29.8 Å². The van der Waals surface area contributed by atoms with Crippen molar-refractivity contribution in [3.8, 4) is 11.8 Å². The largest absolute Gasteiger partial charge is 0.328 e. The van der Waals surface area contributed by atoms with Gasteiger partial charge in [0.15, 0.2) is 0 Å². The van der Waals surface area contributed by atoms with Gasteiger partial charge in [-0.25, -0.2) is 4.79 Å². The maximum absolute atomic E-state index is 12.8. The minimum Gasteiger partial charge on any atom is -0.297 e. The predicted octanol–water partition coefficient (Wildman–Crippen LogP) is 4.75. The van der Waals surface area contributed by atoms with Crippen LogP contribution in [0.15, 0.2) is 54.6 Å². The van der Waals surface area contributed by atoms with Crippen molar-refractivity contribution >= 4 is 29.0 Å². The number of para-hydroxylation sites is 2. The highest BCUT2D eigenvalue weighted by molar-refractivity contribution is 6.17. The molecule has 24 heavy (non-hydrogen) atoms. The molecule has 2 amide bonds. The second kappa shape index (κ2) is 9.00. The molecule has 0 fully saturated rings. The molecule has 2 aromatic carbocycles. The van der Waals surface area contributed by atoms with E-state index in [9.17, 15) is 4.79 Å². The van der Waals surface area contributed by atoms with Crippen molar-refractivity contribution in [3.63, 3.8) is 0 Å². The van der Waals surface area contributed by atoms with Crippen LogP contribution in [0.4, 0.5) is 16.2 Å². The molecule has 0 aromatic heterocycles. The Labute approximate surface area is 148 Å². The molecular weight excluding hydrogens is 320 g/mol. The molecule has 3 nitrogen and oxygen atoms in total. The lowest BCUT2D eigenvalue weighted by molar-refractivity contribution is 0.253. The van der Waals surface area contributed by atoms with Gasteiger partial charge in [-0.3, -0.25) is 9.80 Å². The second-order valence-corrected chi connectivity index (χ2v) is 5.73. The summed E-state index contributed by atoms with van der Waals surface area (Å²) < 4.78 is 0. The number of anilines is 2. The van der Waals surface area contributed by atoms with E-state index < -0.39 is 0 Å². The fourth-order valence-electron chi connectivity index (χ4n) is 2.27. The highest BCUT2D eigenvalue weighted by Gasteiger charge is 2.18. The van der Waals surface area contributed by atoms with E-state index in [2.05, 4.69) is 11.8 Å². The zero-order valence-corrected chi connectivity index (χ0v) is 14.8. The number of carbonyl (C=O) groups excluding carboxylic acids is 1. The zero-order valence-electron chi connectivity index (χ0n) is 14.0. The molecule has 0 aliphatic carbocycles. The number of nitrogens with zero attached hydrogens (tertiary/aromatic N) is 2. The van der Waals surface area contributed by atoms with Crippen LogP contribution >= 0.6 is 11.6 Å². The smallest absolute Gasteiger partial charge is 0.297 e. The summed E-state index contributed by atoms with van der Waals surface area (Å²) in [6.45, 7) is 0. The summed E-state index contributed by atoms with van der Waals surface area (Å²) in [6.07, 6.45) is 1.61. The summed E-state index contributed by atoms with van der Waals surface area (Å²) in [6, 6.07) is 17.1. The molecule has 4 heteroatoms. The average Bonchev–Trinajstić information content (AvgIpc) is 2.64. The summed E-state index contributed by atoms with van der Waals surface area (Å²) in [5.74, 6) is 6.86. The van der Waals surface area contributed by atoms with E-state index in [1.54, 1.807) is 23.9 Å². The molecule has 0 aliphatic heterocycles. The minimum atomic E-state index is -0.115. The molecule has 0 saturated carbocycles. The van der Waals surface area contributed by atoms with Crippen LogP contribution in [0.3, 0.4) is 0 Å². The summed E-state index contributed by atoms with van der Waals surface area (Å²) in [4.78, 5) is 16.0. The number of amides is 2. The summed E-state index contributed by atoms with van der Waals surface area (Å²) in [5, 5.41) is 0. The van der Waals surface area contributed by atoms with Crippen molar-refractivity contribution in [1.82, 2.24) is 0 Å². The van der Waals surface area contributed by atoms with Gasteiger partial charge in [-0.05, 0) is 30.7 Å². The Balaban J connectivity index is 2.21. The molecule has 0 radical (unpaired) electrons. The molecule has 124 valence electrons. The highest BCUT2D eigenvalue weighted by Crippen LogP contribution is 2.21. The molecule has 0 unspecified atom stereocenters. The Morgan fingerprint density at radius 3 is 2.38 bits per heavy atom. The van der Waals surface area contributed by atoms with Crippen molar-refractivity contribution in [1.29, 1.82) is 0 Å². The van der Waals surface area contributed by atoms with Crippen LogP contribution in [-0.4, -0.2) is 26.0 Å². The fourth-order valence-corrected chi connectivity index (χ4v) is 2.41. The Hall–Kier alpha value is -2.44. The van der Waals surface area contributed by atoms with E-state index in [0.29, 0.717) is 5.88 Å². The van der Waals surface area contributed by atoms with Crippen LogP contribution in [0.25, 0.3) is 0 Å². The van der Waals surface area contributed by atoms with Crippen LogP contribution in [0.1, 0.15) is 18.4 Å². The molecule has 0 atom stereocenters. The summed E-state index contributed by atoms with van der Waals surface area (Å²) >= 11 is 5.67. The van der Waals surface area contributed by atoms with Crippen molar-refractivity contribution in [2.45, 2.75) is 12.8 Å². The maximum atomic E-state index is 12.8. The number of unbranched alkanes of at least 4 members (excludes halogenated alkanes) is 1. The monoisotopic (exact) mass is 340 g/mol. The lowest BCUT2D eigenvalue weighted by atomic mass is 10.1. The molecule has 0 heterocycles. The fraction of sp³-hybridized carbons (Fsp3) is 0.250. The molecule has 2 aromatic rings. The number of hydrogen-bond donors (Lipinski definition) is 0. The molecule has 0 saturated heterocycles. The Morgan fingerprint density at radius 1 is 1.00 bits per heavy atom. The normalized spacial score (nSPS) is 9.79. The third kappa shape index (κ3) is 4.53. The third-order valence-corrected chi connectivity index (χ3v) is 3.91. The zero-order chi connectivity index (χ0) is 17.4. The Kier molecular flexibility index (Phi) is 6.72. The van der Waals surface area contributed by atoms with Gasteiger partial charge >= 0.3 is 6.03 Å². The lowest BCUT2D eigenvalue weighted by Gasteiger charge is -2.25. The highest BCUT2D eigenvalue weighted by atomic mass is 35.5. The quantitative estimate of drug-likeness (QED) is 0.447. The number of alkyl halides is 1. The Morgan fingerprint density at radius 2 is 1.67 bits per heavy atom. The van der Waals surface area contributed by atoms with Crippen molar-refractivity contribution < 1.29 is 4.79 Å². The van der Waals surface area contributed by atoms with Gasteiger partial charge in [-0.2, -0.15) is 0 Å². The number of hydrogen-bond acceptors (Lipinski definition) is 1. The van der Waals surface area contributed by atoms with Crippen LogP contribution < -0.4 is 9.80 Å². The van der Waals surface area contributed by atoms with Gasteiger partial charge in [-0.15, -0.1) is 11.6 Å². The topological polar surface area (TPSA) is 23.6 Å². The first kappa shape index (κ1) is 17.9. The molecule has 0 aliphatic rings. The molecule has 2 rings (SSSR count). The molecular formula is C20H21ClN2O. The number of urea groups is 1. The van der Waals surface area contributed by atoms with Gasteiger partial charge < -0.3 is 0 Å². The molecule has 0 spiro atoms. The van der Waals surface area contributed by atoms with E-state index in [1.165, 1.54) is 0 Å². The van der Waals surface area contributed by atoms with Crippen LogP contribution in [0, 0.1) is 11.8 Å².